The largest absolute Gasteiger partial charge is 0.327 e. The average molecular weight is 199 g/mol. The Hall–Kier alpha value is 0.240. The Morgan fingerprint density at radius 3 is 1.55 bits per heavy atom. The lowest BCUT2D eigenvalue weighted by Gasteiger charge is -1.99. The molecule has 0 radical (unpaired) electrons. The molecule has 0 aromatic carbocycles. The molecule has 0 aromatic heterocycles. The monoisotopic (exact) mass is 198 g/mol. The van der Waals surface area contributed by atoms with Crippen LogP contribution in [0.5, 0.6) is 0 Å². The van der Waals surface area contributed by atoms with E-state index in [2.05, 4.69) is 0 Å². The number of rotatable bonds is 2. The van der Waals surface area contributed by atoms with Gasteiger partial charge in [0, 0.05) is 13.1 Å². The minimum Gasteiger partial charge on any atom is -0.327 e. The molecule has 1 rings (SSSR count). The molecule has 4 N–H and O–H groups in total. The number of halogens is 2. The topological polar surface area (TPSA) is 52.0 Å². The van der Waals surface area contributed by atoms with Crippen LogP contribution in [0.15, 0.2) is 11.1 Å². The van der Waals surface area contributed by atoms with Crippen molar-refractivity contribution in [2.45, 2.75) is 19.3 Å². The minimum atomic E-state index is 0. The molecular formula is C7H16Cl2N2. The standard InChI is InChI=1S/C7H14N2.2ClH/c8-4-6-2-1-3-7(6)5-9;;/h1-5,8-9H2;2*1H. The summed E-state index contributed by atoms with van der Waals surface area (Å²) in [5.74, 6) is 0. The van der Waals surface area contributed by atoms with Gasteiger partial charge in [0.2, 0.25) is 0 Å². The molecule has 2 nitrogen and oxygen atoms in total. The Kier molecular flexibility index (Phi) is 8.68. The summed E-state index contributed by atoms with van der Waals surface area (Å²) in [6, 6.07) is 0. The molecule has 0 aromatic rings. The van der Waals surface area contributed by atoms with Crippen LogP contribution in [0, 0.1) is 0 Å². The van der Waals surface area contributed by atoms with Gasteiger partial charge in [0.1, 0.15) is 0 Å². The maximum atomic E-state index is 5.49. The summed E-state index contributed by atoms with van der Waals surface area (Å²) in [5, 5.41) is 0. The van der Waals surface area contributed by atoms with Crippen LogP contribution in [0.1, 0.15) is 19.3 Å². The van der Waals surface area contributed by atoms with E-state index in [9.17, 15) is 0 Å². The van der Waals surface area contributed by atoms with E-state index >= 15 is 0 Å². The van der Waals surface area contributed by atoms with Gasteiger partial charge in [-0.25, -0.2) is 0 Å². The van der Waals surface area contributed by atoms with Crippen molar-refractivity contribution in [3.63, 3.8) is 0 Å². The van der Waals surface area contributed by atoms with Gasteiger partial charge in [-0.3, -0.25) is 0 Å². The first kappa shape index (κ1) is 13.8. The van der Waals surface area contributed by atoms with E-state index < -0.39 is 0 Å². The SMILES string of the molecule is Cl.Cl.NCC1=C(CN)CCC1. The maximum absolute atomic E-state index is 5.49. The predicted octanol–water partition coefficient (Wildman–Crippen LogP) is 1.23. The molecule has 11 heavy (non-hydrogen) atoms. The van der Waals surface area contributed by atoms with E-state index in [0.29, 0.717) is 13.1 Å². The first-order valence-corrected chi connectivity index (χ1v) is 3.48. The van der Waals surface area contributed by atoms with Crippen molar-refractivity contribution in [3.05, 3.63) is 11.1 Å². The van der Waals surface area contributed by atoms with Crippen LogP contribution in [-0.2, 0) is 0 Å². The van der Waals surface area contributed by atoms with Gasteiger partial charge in [0.15, 0.2) is 0 Å². The maximum Gasteiger partial charge on any atom is 0.0140 e. The van der Waals surface area contributed by atoms with E-state index in [1.165, 1.54) is 30.4 Å². The van der Waals surface area contributed by atoms with Crippen molar-refractivity contribution in [2.75, 3.05) is 13.1 Å². The third kappa shape index (κ3) is 3.43. The summed E-state index contributed by atoms with van der Waals surface area (Å²) in [4.78, 5) is 0. The summed E-state index contributed by atoms with van der Waals surface area (Å²) in [5.41, 5.74) is 13.8. The van der Waals surface area contributed by atoms with Crippen LogP contribution in [0.2, 0.25) is 0 Å². The van der Waals surface area contributed by atoms with Gasteiger partial charge >= 0.3 is 0 Å². The van der Waals surface area contributed by atoms with Crippen LogP contribution in [0.4, 0.5) is 0 Å². The summed E-state index contributed by atoms with van der Waals surface area (Å²) in [6.07, 6.45) is 3.63. The minimum absolute atomic E-state index is 0. The number of hydrogen-bond acceptors (Lipinski definition) is 2. The molecule has 0 heterocycles. The highest BCUT2D eigenvalue weighted by molar-refractivity contribution is 5.85. The van der Waals surface area contributed by atoms with Crippen molar-refractivity contribution >= 4 is 24.8 Å². The molecule has 0 fully saturated rings. The molecule has 0 bridgehead atoms. The van der Waals surface area contributed by atoms with E-state index in [0.717, 1.165) is 0 Å². The van der Waals surface area contributed by atoms with Crippen molar-refractivity contribution in [1.29, 1.82) is 0 Å². The Balaban J connectivity index is 0. The summed E-state index contributed by atoms with van der Waals surface area (Å²) < 4.78 is 0. The second-order valence-electron chi connectivity index (χ2n) is 2.47. The molecule has 0 spiro atoms. The zero-order chi connectivity index (χ0) is 6.69. The van der Waals surface area contributed by atoms with Crippen molar-refractivity contribution in [2.24, 2.45) is 11.5 Å². The van der Waals surface area contributed by atoms with Gasteiger partial charge in [-0.15, -0.1) is 24.8 Å². The van der Waals surface area contributed by atoms with Crippen LogP contribution in [0.3, 0.4) is 0 Å². The van der Waals surface area contributed by atoms with E-state index in [1.54, 1.807) is 0 Å². The molecule has 1 aliphatic carbocycles. The first-order chi connectivity index (χ1) is 4.38. The molecule has 0 aliphatic heterocycles. The molecule has 0 atom stereocenters. The van der Waals surface area contributed by atoms with E-state index in [1.807, 2.05) is 0 Å². The second-order valence-corrected chi connectivity index (χ2v) is 2.47. The van der Waals surface area contributed by atoms with Crippen molar-refractivity contribution < 1.29 is 0 Å². The van der Waals surface area contributed by atoms with Crippen LogP contribution >= 0.6 is 24.8 Å². The zero-order valence-corrected chi connectivity index (χ0v) is 8.14. The molecule has 0 saturated heterocycles. The van der Waals surface area contributed by atoms with E-state index in [-0.39, 0.29) is 24.8 Å². The van der Waals surface area contributed by atoms with Crippen LogP contribution in [-0.4, -0.2) is 13.1 Å². The highest BCUT2D eigenvalue weighted by Crippen LogP contribution is 2.23. The lowest BCUT2D eigenvalue weighted by atomic mass is 10.1. The van der Waals surface area contributed by atoms with Gasteiger partial charge in [-0.1, -0.05) is 11.1 Å². The molecule has 0 saturated carbocycles. The molecule has 0 amide bonds. The fourth-order valence-corrected chi connectivity index (χ4v) is 1.36. The predicted molar refractivity (Wildman–Crippen MR) is 53.5 cm³/mol. The van der Waals surface area contributed by atoms with Gasteiger partial charge in [0.05, 0.1) is 0 Å². The van der Waals surface area contributed by atoms with E-state index in [4.69, 9.17) is 11.5 Å². The number of nitrogens with two attached hydrogens (primary N) is 2. The quantitative estimate of drug-likeness (QED) is 0.657. The van der Waals surface area contributed by atoms with Gasteiger partial charge in [-0.05, 0) is 19.3 Å². The second kappa shape index (κ2) is 6.92. The van der Waals surface area contributed by atoms with Crippen LogP contribution in [0.25, 0.3) is 0 Å². The van der Waals surface area contributed by atoms with Crippen molar-refractivity contribution in [1.82, 2.24) is 0 Å². The Labute approximate surface area is 80.2 Å². The Bertz CT molecular complexity index is 120. The fraction of sp³-hybridized carbons (Fsp3) is 0.714. The summed E-state index contributed by atoms with van der Waals surface area (Å²) in [7, 11) is 0. The van der Waals surface area contributed by atoms with Crippen molar-refractivity contribution in [3.8, 4) is 0 Å². The number of hydrogen-bond donors (Lipinski definition) is 2. The lowest BCUT2D eigenvalue weighted by Crippen LogP contribution is -2.08. The molecule has 1 aliphatic rings. The highest BCUT2D eigenvalue weighted by Gasteiger charge is 2.10. The molecular weight excluding hydrogens is 183 g/mol. The smallest absolute Gasteiger partial charge is 0.0140 e. The average Bonchev–Trinajstić information content (AvgIpc) is 2.33. The molecule has 4 heteroatoms. The first-order valence-electron chi connectivity index (χ1n) is 3.48. The van der Waals surface area contributed by atoms with Gasteiger partial charge in [0.25, 0.3) is 0 Å². The van der Waals surface area contributed by atoms with Crippen LogP contribution < -0.4 is 11.5 Å². The Morgan fingerprint density at radius 2 is 1.27 bits per heavy atom. The molecule has 0 unspecified atom stereocenters. The Morgan fingerprint density at radius 1 is 0.909 bits per heavy atom. The van der Waals surface area contributed by atoms with Gasteiger partial charge < -0.3 is 11.5 Å². The lowest BCUT2D eigenvalue weighted by molar-refractivity contribution is 0.874. The highest BCUT2D eigenvalue weighted by atomic mass is 35.5. The third-order valence-electron chi connectivity index (χ3n) is 1.95. The molecule has 68 valence electrons. The summed E-state index contributed by atoms with van der Waals surface area (Å²) in [6.45, 7) is 1.43. The zero-order valence-electron chi connectivity index (χ0n) is 6.51. The summed E-state index contributed by atoms with van der Waals surface area (Å²) >= 11 is 0. The third-order valence-corrected chi connectivity index (χ3v) is 1.95. The normalized spacial score (nSPS) is 15.8. The van der Waals surface area contributed by atoms with Gasteiger partial charge in [-0.2, -0.15) is 0 Å². The fourth-order valence-electron chi connectivity index (χ4n) is 1.36.